The van der Waals surface area contributed by atoms with E-state index < -0.39 is 0 Å². The predicted octanol–water partition coefficient (Wildman–Crippen LogP) is 2.74. The lowest BCUT2D eigenvalue weighted by Gasteiger charge is -2.18. The summed E-state index contributed by atoms with van der Waals surface area (Å²) in [5.41, 5.74) is 1.82. The van der Waals surface area contributed by atoms with E-state index >= 15 is 0 Å². The molecule has 0 bridgehead atoms. The van der Waals surface area contributed by atoms with Gasteiger partial charge in [0, 0.05) is 23.5 Å². The van der Waals surface area contributed by atoms with E-state index in [1.807, 2.05) is 6.07 Å². The Morgan fingerprint density at radius 2 is 2.00 bits per heavy atom. The van der Waals surface area contributed by atoms with Gasteiger partial charge in [-0.3, -0.25) is 4.79 Å². The number of hydrogen-bond donors (Lipinski definition) is 2. The molecule has 2 aromatic rings. The van der Waals surface area contributed by atoms with Gasteiger partial charge in [-0.15, -0.1) is 10.2 Å². The number of carbonyl (C=O) groups is 1. The van der Waals surface area contributed by atoms with Gasteiger partial charge in [0.1, 0.15) is 5.82 Å². The first kappa shape index (κ1) is 15.0. The molecule has 1 aromatic carbocycles. The molecule has 0 radical (unpaired) electrons. The van der Waals surface area contributed by atoms with Gasteiger partial charge in [0.15, 0.2) is 5.69 Å². The quantitative estimate of drug-likeness (QED) is 0.860. The minimum Gasteiger partial charge on any atom is -0.368 e. The average Bonchev–Trinajstić information content (AvgIpc) is 3.34. The Hall–Kier alpha value is -1.95. The molecule has 22 heavy (non-hydrogen) atoms. The second kappa shape index (κ2) is 6.04. The minimum atomic E-state index is -0.231. The Labute approximate surface area is 137 Å². The van der Waals surface area contributed by atoms with Gasteiger partial charge < -0.3 is 10.6 Å². The van der Waals surface area contributed by atoms with Crippen molar-refractivity contribution >= 4 is 27.7 Å². The smallest absolute Gasteiger partial charge is 0.271 e. The normalized spacial score (nSPS) is 15.2. The second-order valence-electron chi connectivity index (χ2n) is 5.50. The topological polar surface area (TPSA) is 66.9 Å². The molecule has 114 valence electrons. The lowest BCUT2D eigenvalue weighted by atomic mass is 9.96. The molecule has 1 saturated carbocycles. The molecule has 1 aromatic heterocycles. The molecule has 0 atom stereocenters. The third-order valence-corrected chi connectivity index (χ3v) is 4.72. The monoisotopic (exact) mass is 360 g/mol. The van der Waals surface area contributed by atoms with E-state index in [4.69, 9.17) is 0 Å². The van der Waals surface area contributed by atoms with Crippen LogP contribution in [0, 0.1) is 0 Å². The number of carbonyl (C=O) groups excluding carboxylic acids is 1. The molecule has 0 spiro atoms. The Balaban J connectivity index is 1.68. The number of halogens is 1. The van der Waals surface area contributed by atoms with Crippen LogP contribution in [0.25, 0.3) is 0 Å². The molecule has 2 N–H and O–H groups in total. The fourth-order valence-corrected chi connectivity index (χ4v) is 3.22. The second-order valence-corrected chi connectivity index (χ2v) is 6.35. The van der Waals surface area contributed by atoms with Gasteiger partial charge in [-0.2, -0.15) is 0 Å². The van der Waals surface area contributed by atoms with Gasteiger partial charge in [-0.25, -0.2) is 0 Å². The van der Waals surface area contributed by atoms with Gasteiger partial charge in [0.25, 0.3) is 5.91 Å². The summed E-state index contributed by atoms with van der Waals surface area (Å²) >= 11 is 3.63. The summed E-state index contributed by atoms with van der Waals surface area (Å²) in [6, 6.07) is 11.8. The van der Waals surface area contributed by atoms with Crippen LogP contribution in [-0.4, -0.2) is 29.7 Å². The maximum atomic E-state index is 11.4. The minimum absolute atomic E-state index is 0.168. The van der Waals surface area contributed by atoms with E-state index in [-0.39, 0.29) is 11.3 Å². The van der Waals surface area contributed by atoms with Crippen molar-refractivity contribution in [2.45, 2.75) is 18.3 Å². The van der Waals surface area contributed by atoms with Gasteiger partial charge in [-0.05, 0) is 36.6 Å². The predicted molar refractivity (Wildman–Crippen MR) is 89.0 cm³/mol. The van der Waals surface area contributed by atoms with Crippen molar-refractivity contribution in [3.63, 3.8) is 0 Å². The van der Waals surface area contributed by atoms with E-state index in [2.05, 4.69) is 55.0 Å². The lowest BCUT2D eigenvalue weighted by Crippen LogP contribution is -2.22. The van der Waals surface area contributed by atoms with Crippen molar-refractivity contribution in [1.82, 2.24) is 15.5 Å². The first-order valence-corrected chi connectivity index (χ1v) is 7.99. The molecule has 1 aliphatic rings. The number of anilines is 1. The average molecular weight is 361 g/mol. The first-order chi connectivity index (χ1) is 10.6. The van der Waals surface area contributed by atoms with E-state index in [1.54, 1.807) is 19.2 Å². The molecule has 0 unspecified atom stereocenters. The maximum absolute atomic E-state index is 11.4. The van der Waals surface area contributed by atoms with Crippen LogP contribution in [0.2, 0.25) is 0 Å². The van der Waals surface area contributed by atoms with Crippen LogP contribution in [0.15, 0.2) is 40.9 Å². The molecule has 5 nitrogen and oxygen atoms in total. The molecule has 1 amide bonds. The highest BCUT2D eigenvalue weighted by atomic mass is 79.9. The molecule has 1 aliphatic carbocycles. The number of amides is 1. The van der Waals surface area contributed by atoms with E-state index in [0.717, 1.165) is 23.9 Å². The highest BCUT2D eigenvalue weighted by molar-refractivity contribution is 9.10. The Morgan fingerprint density at radius 1 is 1.23 bits per heavy atom. The molecular weight excluding hydrogens is 344 g/mol. The van der Waals surface area contributed by atoms with E-state index in [1.165, 1.54) is 5.56 Å². The van der Waals surface area contributed by atoms with Crippen LogP contribution in [0.5, 0.6) is 0 Å². The number of nitrogens with zero attached hydrogens (tertiary/aromatic N) is 2. The zero-order valence-electron chi connectivity index (χ0n) is 12.3. The van der Waals surface area contributed by atoms with Crippen molar-refractivity contribution in [2.24, 2.45) is 0 Å². The molecule has 0 aliphatic heterocycles. The summed E-state index contributed by atoms with van der Waals surface area (Å²) in [5.74, 6) is 0.455. The SMILES string of the molecule is CNC(=O)c1ccc(NCC2(c3ccccc3Br)CC2)nn1. The van der Waals surface area contributed by atoms with Crippen molar-refractivity contribution in [1.29, 1.82) is 0 Å². The Morgan fingerprint density at radius 3 is 2.59 bits per heavy atom. The zero-order valence-corrected chi connectivity index (χ0v) is 13.9. The highest BCUT2D eigenvalue weighted by Gasteiger charge is 2.45. The fraction of sp³-hybridized carbons (Fsp3) is 0.312. The number of aromatic nitrogens is 2. The third-order valence-electron chi connectivity index (χ3n) is 4.03. The standard InChI is InChI=1S/C16H17BrN4O/c1-18-15(22)13-6-7-14(21-20-13)19-10-16(8-9-16)11-4-2-3-5-12(11)17/h2-7H,8-10H2,1H3,(H,18,22)(H,19,21). The fourth-order valence-electron chi connectivity index (χ4n) is 2.52. The summed E-state index contributed by atoms with van der Waals surface area (Å²) < 4.78 is 1.15. The lowest BCUT2D eigenvalue weighted by molar-refractivity contribution is 0.0957. The van der Waals surface area contributed by atoms with Crippen LogP contribution < -0.4 is 10.6 Å². The molecule has 0 saturated heterocycles. The molecule has 6 heteroatoms. The Kier molecular flexibility index (Phi) is 4.11. The Bertz CT molecular complexity index is 683. The molecular formula is C16H17BrN4O. The molecule has 1 heterocycles. The maximum Gasteiger partial charge on any atom is 0.271 e. The molecule has 1 fully saturated rings. The van der Waals surface area contributed by atoms with Crippen LogP contribution >= 0.6 is 15.9 Å². The van der Waals surface area contributed by atoms with Crippen LogP contribution in [0.1, 0.15) is 28.9 Å². The number of nitrogens with one attached hydrogen (secondary N) is 2. The summed E-state index contributed by atoms with van der Waals surface area (Å²) in [6.45, 7) is 0.809. The largest absolute Gasteiger partial charge is 0.368 e. The molecule has 3 rings (SSSR count). The zero-order chi connectivity index (χ0) is 15.6. The summed E-state index contributed by atoms with van der Waals surface area (Å²) in [6.07, 6.45) is 2.32. The van der Waals surface area contributed by atoms with E-state index in [0.29, 0.717) is 11.5 Å². The summed E-state index contributed by atoms with van der Waals surface area (Å²) in [7, 11) is 1.57. The van der Waals surface area contributed by atoms with Crippen LogP contribution in [-0.2, 0) is 5.41 Å². The van der Waals surface area contributed by atoms with Crippen molar-refractivity contribution in [3.05, 3.63) is 52.1 Å². The van der Waals surface area contributed by atoms with Crippen molar-refractivity contribution in [3.8, 4) is 0 Å². The highest BCUT2D eigenvalue weighted by Crippen LogP contribution is 2.50. The van der Waals surface area contributed by atoms with Gasteiger partial charge in [0.05, 0.1) is 0 Å². The van der Waals surface area contributed by atoms with E-state index in [9.17, 15) is 4.79 Å². The van der Waals surface area contributed by atoms with Crippen LogP contribution in [0.3, 0.4) is 0 Å². The van der Waals surface area contributed by atoms with Gasteiger partial charge in [0.2, 0.25) is 0 Å². The van der Waals surface area contributed by atoms with Gasteiger partial charge >= 0.3 is 0 Å². The first-order valence-electron chi connectivity index (χ1n) is 7.19. The van der Waals surface area contributed by atoms with Crippen molar-refractivity contribution < 1.29 is 4.79 Å². The third kappa shape index (κ3) is 2.97. The number of rotatable bonds is 5. The number of benzene rings is 1. The van der Waals surface area contributed by atoms with Gasteiger partial charge in [-0.1, -0.05) is 34.1 Å². The number of hydrogen-bond acceptors (Lipinski definition) is 4. The summed E-state index contributed by atoms with van der Waals surface area (Å²) in [4.78, 5) is 11.4. The van der Waals surface area contributed by atoms with Crippen molar-refractivity contribution in [2.75, 3.05) is 18.9 Å². The van der Waals surface area contributed by atoms with Crippen LogP contribution in [0.4, 0.5) is 5.82 Å². The summed E-state index contributed by atoms with van der Waals surface area (Å²) in [5, 5.41) is 13.8.